The standard InChI is InChI=1S/C22H25FN2O/c23-19-5-3-4-17(12-19)13-22(16-26)8-10-25(11-9-22)15-18-14-24-21-7-2-1-6-20(18)21/h1-7,12,14,24,26H,8-11,13,15-16H2. The average molecular weight is 352 g/mol. The zero-order valence-electron chi connectivity index (χ0n) is 14.9. The van der Waals surface area contributed by atoms with E-state index in [2.05, 4.69) is 34.3 Å². The van der Waals surface area contributed by atoms with Gasteiger partial charge in [-0.1, -0.05) is 30.3 Å². The Morgan fingerprint density at radius 2 is 1.88 bits per heavy atom. The first-order chi connectivity index (χ1) is 12.7. The summed E-state index contributed by atoms with van der Waals surface area (Å²) in [4.78, 5) is 5.79. The Hall–Kier alpha value is -2.17. The Morgan fingerprint density at radius 3 is 2.65 bits per heavy atom. The molecule has 26 heavy (non-hydrogen) atoms. The lowest BCUT2D eigenvalue weighted by Gasteiger charge is -2.41. The van der Waals surface area contributed by atoms with Crippen LogP contribution in [-0.2, 0) is 13.0 Å². The number of piperidine rings is 1. The molecular formula is C22H25FN2O. The van der Waals surface area contributed by atoms with Gasteiger partial charge in [0.1, 0.15) is 5.82 Å². The summed E-state index contributed by atoms with van der Waals surface area (Å²) < 4.78 is 13.5. The molecule has 0 radical (unpaired) electrons. The van der Waals surface area contributed by atoms with Gasteiger partial charge in [0.15, 0.2) is 0 Å². The fourth-order valence-corrected chi connectivity index (χ4v) is 4.16. The topological polar surface area (TPSA) is 39.3 Å². The van der Waals surface area contributed by atoms with Gasteiger partial charge in [0.2, 0.25) is 0 Å². The molecule has 1 aromatic heterocycles. The van der Waals surface area contributed by atoms with E-state index >= 15 is 0 Å². The summed E-state index contributed by atoms with van der Waals surface area (Å²) in [6, 6.07) is 15.2. The number of likely N-dealkylation sites (tertiary alicyclic amines) is 1. The molecule has 0 atom stereocenters. The SMILES string of the molecule is OCC1(Cc2cccc(F)c2)CCN(Cc2c[nH]c3ccccc23)CC1. The summed E-state index contributed by atoms with van der Waals surface area (Å²) in [5.74, 6) is -0.202. The maximum Gasteiger partial charge on any atom is 0.123 e. The Bertz CT molecular complexity index is 880. The lowest BCUT2D eigenvalue weighted by Crippen LogP contribution is -2.42. The quantitative estimate of drug-likeness (QED) is 0.725. The molecule has 3 nitrogen and oxygen atoms in total. The number of aromatic nitrogens is 1. The second-order valence-electron chi connectivity index (χ2n) is 7.60. The first kappa shape index (κ1) is 17.3. The Kier molecular flexibility index (Phi) is 4.79. The van der Waals surface area contributed by atoms with Crippen LogP contribution in [0.5, 0.6) is 0 Å². The van der Waals surface area contributed by atoms with E-state index in [4.69, 9.17) is 0 Å². The van der Waals surface area contributed by atoms with Crippen molar-refractivity contribution in [1.29, 1.82) is 0 Å². The Morgan fingerprint density at radius 1 is 1.08 bits per heavy atom. The average Bonchev–Trinajstić information content (AvgIpc) is 3.07. The van der Waals surface area contributed by atoms with Gasteiger partial charge in [0.05, 0.1) is 0 Å². The molecule has 0 unspecified atom stereocenters. The third kappa shape index (κ3) is 3.53. The number of para-hydroxylation sites is 1. The highest BCUT2D eigenvalue weighted by atomic mass is 19.1. The summed E-state index contributed by atoms with van der Waals surface area (Å²) in [7, 11) is 0. The van der Waals surface area contributed by atoms with E-state index in [0.717, 1.165) is 44.5 Å². The van der Waals surface area contributed by atoms with E-state index in [1.807, 2.05) is 12.1 Å². The van der Waals surface area contributed by atoms with Gasteiger partial charge in [-0.2, -0.15) is 0 Å². The number of nitrogens with zero attached hydrogens (tertiary/aromatic N) is 1. The van der Waals surface area contributed by atoms with E-state index in [9.17, 15) is 9.50 Å². The molecule has 0 saturated carbocycles. The number of aromatic amines is 1. The molecule has 2 aromatic carbocycles. The third-order valence-corrected chi connectivity index (χ3v) is 5.79. The van der Waals surface area contributed by atoms with Gasteiger partial charge < -0.3 is 10.1 Å². The molecule has 0 bridgehead atoms. The van der Waals surface area contributed by atoms with E-state index < -0.39 is 0 Å². The van der Waals surface area contributed by atoms with Gasteiger partial charge in [0, 0.05) is 30.3 Å². The fourth-order valence-electron chi connectivity index (χ4n) is 4.16. The van der Waals surface area contributed by atoms with Crippen molar-refractivity contribution in [2.45, 2.75) is 25.8 Å². The number of fused-ring (bicyclic) bond motifs is 1. The predicted molar refractivity (Wildman–Crippen MR) is 102 cm³/mol. The summed E-state index contributed by atoms with van der Waals surface area (Å²) in [6.07, 6.45) is 4.71. The molecule has 136 valence electrons. The maximum absolute atomic E-state index is 13.5. The molecule has 3 aromatic rings. The molecule has 0 spiro atoms. The molecular weight excluding hydrogens is 327 g/mol. The number of aliphatic hydroxyl groups is 1. The third-order valence-electron chi connectivity index (χ3n) is 5.79. The largest absolute Gasteiger partial charge is 0.396 e. The lowest BCUT2D eigenvalue weighted by atomic mass is 9.74. The number of hydrogen-bond acceptors (Lipinski definition) is 2. The predicted octanol–water partition coefficient (Wildman–Crippen LogP) is 4.12. The molecule has 1 aliphatic heterocycles. The van der Waals surface area contributed by atoms with Crippen LogP contribution in [0.2, 0.25) is 0 Å². The van der Waals surface area contributed by atoms with Crippen molar-refractivity contribution in [2.75, 3.05) is 19.7 Å². The van der Waals surface area contributed by atoms with Gasteiger partial charge in [-0.25, -0.2) is 4.39 Å². The minimum atomic E-state index is -0.202. The van der Waals surface area contributed by atoms with Crippen molar-refractivity contribution in [3.63, 3.8) is 0 Å². The van der Waals surface area contributed by atoms with E-state index in [1.54, 1.807) is 12.1 Å². The van der Waals surface area contributed by atoms with E-state index in [1.165, 1.54) is 22.5 Å². The second-order valence-corrected chi connectivity index (χ2v) is 7.60. The van der Waals surface area contributed by atoms with Crippen molar-refractivity contribution in [3.05, 3.63) is 71.7 Å². The number of nitrogens with one attached hydrogen (secondary N) is 1. The van der Waals surface area contributed by atoms with Crippen LogP contribution in [0.1, 0.15) is 24.0 Å². The summed E-state index contributed by atoms with van der Waals surface area (Å²) >= 11 is 0. The van der Waals surface area contributed by atoms with Crippen molar-refractivity contribution in [3.8, 4) is 0 Å². The van der Waals surface area contributed by atoms with Crippen LogP contribution in [0.4, 0.5) is 4.39 Å². The van der Waals surface area contributed by atoms with Crippen molar-refractivity contribution < 1.29 is 9.50 Å². The first-order valence-corrected chi connectivity index (χ1v) is 9.30. The molecule has 1 saturated heterocycles. The van der Waals surface area contributed by atoms with Gasteiger partial charge in [-0.15, -0.1) is 0 Å². The zero-order valence-corrected chi connectivity index (χ0v) is 14.9. The Balaban J connectivity index is 1.42. The van der Waals surface area contributed by atoms with Gasteiger partial charge in [0.25, 0.3) is 0 Å². The molecule has 1 aliphatic rings. The number of rotatable bonds is 5. The fraction of sp³-hybridized carbons (Fsp3) is 0.364. The zero-order chi connectivity index (χ0) is 18.0. The van der Waals surface area contributed by atoms with Crippen LogP contribution < -0.4 is 0 Å². The number of benzene rings is 2. The van der Waals surface area contributed by atoms with E-state index in [0.29, 0.717) is 0 Å². The number of hydrogen-bond donors (Lipinski definition) is 2. The maximum atomic E-state index is 13.5. The highest BCUT2D eigenvalue weighted by Crippen LogP contribution is 2.35. The van der Waals surface area contributed by atoms with Gasteiger partial charge in [-0.3, -0.25) is 4.90 Å². The minimum Gasteiger partial charge on any atom is -0.396 e. The highest BCUT2D eigenvalue weighted by Gasteiger charge is 2.34. The lowest BCUT2D eigenvalue weighted by molar-refractivity contribution is 0.0414. The smallest absolute Gasteiger partial charge is 0.123 e. The normalized spacial score (nSPS) is 17.6. The molecule has 0 amide bonds. The number of halogens is 1. The van der Waals surface area contributed by atoms with Crippen LogP contribution in [0.15, 0.2) is 54.7 Å². The molecule has 2 heterocycles. The molecule has 0 aliphatic carbocycles. The molecule has 2 N–H and O–H groups in total. The van der Waals surface area contributed by atoms with Gasteiger partial charge in [-0.05, 0) is 67.1 Å². The van der Waals surface area contributed by atoms with Crippen LogP contribution >= 0.6 is 0 Å². The van der Waals surface area contributed by atoms with Crippen LogP contribution in [0, 0.1) is 11.2 Å². The summed E-state index contributed by atoms with van der Waals surface area (Å²) in [5.41, 5.74) is 3.34. The number of aliphatic hydroxyl groups excluding tert-OH is 1. The van der Waals surface area contributed by atoms with E-state index in [-0.39, 0.29) is 17.8 Å². The molecule has 4 rings (SSSR count). The van der Waals surface area contributed by atoms with Crippen LogP contribution in [-0.4, -0.2) is 34.7 Å². The van der Waals surface area contributed by atoms with Crippen LogP contribution in [0.25, 0.3) is 10.9 Å². The molecule has 4 heteroatoms. The van der Waals surface area contributed by atoms with Crippen molar-refractivity contribution in [2.24, 2.45) is 5.41 Å². The monoisotopic (exact) mass is 352 g/mol. The van der Waals surface area contributed by atoms with Crippen molar-refractivity contribution >= 4 is 10.9 Å². The Labute approximate surface area is 153 Å². The highest BCUT2D eigenvalue weighted by molar-refractivity contribution is 5.82. The molecule has 1 fully saturated rings. The van der Waals surface area contributed by atoms with Gasteiger partial charge >= 0.3 is 0 Å². The first-order valence-electron chi connectivity index (χ1n) is 9.30. The number of H-pyrrole nitrogens is 1. The summed E-state index contributed by atoms with van der Waals surface area (Å²) in [5, 5.41) is 11.3. The minimum absolute atomic E-state index is 0.134. The summed E-state index contributed by atoms with van der Waals surface area (Å²) in [6.45, 7) is 2.99. The van der Waals surface area contributed by atoms with Crippen LogP contribution in [0.3, 0.4) is 0 Å². The second kappa shape index (κ2) is 7.22. The van der Waals surface area contributed by atoms with Crippen molar-refractivity contribution in [1.82, 2.24) is 9.88 Å².